The molecule has 1 aliphatic rings. The van der Waals surface area contributed by atoms with Gasteiger partial charge >= 0.3 is 5.97 Å². The molecule has 132 valence electrons. The van der Waals surface area contributed by atoms with Gasteiger partial charge in [0.15, 0.2) is 0 Å². The number of amides is 1. The molecule has 24 heavy (non-hydrogen) atoms. The molecular weight excluding hydrogens is 332 g/mol. The van der Waals surface area contributed by atoms with Gasteiger partial charge < -0.3 is 10.0 Å². The molecule has 7 nitrogen and oxygen atoms in total. The largest absolute Gasteiger partial charge is 0.480 e. The molecule has 8 heteroatoms. The summed E-state index contributed by atoms with van der Waals surface area (Å²) in [4.78, 5) is 25.2. The van der Waals surface area contributed by atoms with Crippen molar-refractivity contribution in [2.75, 3.05) is 19.6 Å². The topological polar surface area (TPSA) is 95.0 Å². The summed E-state index contributed by atoms with van der Waals surface area (Å²) in [7, 11) is -3.66. The average molecular weight is 354 g/mol. The number of rotatable bonds is 6. The Bertz CT molecular complexity index is 728. The van der Waals surface area contributed by atoms with E-state index >= 15 is 0 Å². The first-order chi connectivity index (χ1) is 11.3. The Morgan fingerprint density at radius 3 is 2.54 bits per heavy atom. The van der Waals surface area contributed by atoms with E-state index in [2.05, 4.69) is 0 Å². The van der Waals surface area contributed by atoms with Crippen LogP contribution >= 0.6 is 0 Å². The van der Waals surface area contributed by atoms with Gasteiger partial charge in [-0.15, -0.1) is 0 Å². The van der Waals surface area contributed by atoms with Crippen LogP contribution in [0.2, 0.25) is 0 Å². The highest BCUT2D eigenvalue weighted by Crippen LogP contribution is 2.22. The van der Waals surface area contributed by atoms with Crippen LogP contribution in [0, 0.1) is 0 Å². The summed E-state index contributed by atoms with van der Waals surface area (Å²) in [6.07, 6.45) is 1.04. The van der Waals surface area contributed by atoms with E-state index in [1.54, 1.807) is 13.8 Å². The lowest BCUT2D eigenvalue weighted by atomic mass is 10.1. The van der Waals surface area contributed by atoms with Crippen molar-refractivity contribution in [3.8, 4) is 0 Å². The highest BCUT2D eigenvalue weighted by Gasteiger charge is 2.34. The number of benzene rings is 1. The van der Waals surface area contributed by atoms with Gasteiger partial charge in [0.25, 0.3) is 5.91 Å². The molecular formula is C16H22N2O5S. The molecule has 1 heterocycles. The summed E-state index contributed by atoms with van der Waals surface area (Å²) in [5.74, 6) is -1.48. The monoisotopic (exact) mass is 354 g/mol. The lowest BCUT2D eigenvalue weighted by Crippen LogP contribution is -2.40. The van der Waals surface area contributed by atoms with E-state index in [9.17, 15) is 23.1 Å². The van der Waals surface area contributed by atoms with E-state index in [0.29, 0.717) is 32.5 Å². The summed E-state index contributed by atoms with van der Waals surface area (Å²) in [6.45, 7) is 4.53. The molecule has 0 aromatic heterocycles. The Morgan fingerprint density at radius 2 is 1.96 bits per heavy atom. The van der Waals surface area contributed by atoms with Crippen LogP contribution in [0.5, 0.6) is 0 Å². The third-order valence-corrected chi connectivity index (χ3v) is 6.27. The molecule has 1 unspecified atom stereocenters. The summed E-state index contributed by atoms with van der Waals surface area (Å²) in [5, 5.41) is 9.20. The fraction of sp³-hybridized carbons (Fsp3) is 0.500. The fourth-order valence-corrected chi connectivity index (χ4v) is 4.44. The van der Waals surface area contributed by atoms with Crippen molar-refractivity contribution in [1.82, 2.24) is 9.21 Å². The van der Waals surface area contributed by atoms with E-state index < -0.39 is 27.9 Å². The Labute approximate surface area is 141 Å². The van der Waals surface area contributed by atoms with Gasteiger partial charge in [0.05, 0.1) is 4.90 Å². The number of hydrogen-bond donors (Lipinski definition) is 1. The van der Waals surface area contributed by atoms with Crippen LogP contribution in [0.25, 0.3) is 0 Å². The third-order valence-electron chi connectivity index (χ3n) is 4.22. The van der Waals surface area contributed by atoms with E-state index in [1.165, 1.54) is 33.5 Å². The molecule has 1 aromatic rings. The first-order valence-corrected chi connectivity index (χ1v) is 9.40. The van der Waals surface area contributed by atoms with Crippen molar-refractivity contribution in [3.05, 3.63) is 29.8 Å². The predicted octanol–water partition coefficient (Wildman–Crippen LogP) is 1.41. The van der Waals surface area contributed by atoms with Gasteiger partial charge in [-0.1, -0.05) is 19.9 Å². The molecule has 0 saturated carbocycles. The maximum atomic E-state index is 12.6. The molecule has 1 saturated heterocycles. The first kappa shape index (κ1) is 18.4. The number of likely N-dealkylation sites (tertiary alicyclic amines) is 1. The van der Waals surface area contributed by atoms with Crippen LogP contribution in [-0.4, -0.2) is 60.3 Å². The zero-order chi connectivity index (χ0) is 17.9. The van der Waals surface area contributed by atoms with Gasteiger partial charge in [0.1, 0.15) is 6.04 Å². The number of carboxylic acids is 1. The molecule has 0 spiro atoms. The maximum Gasteiger partial charge on any atom is 0.326 e. The van der Waals surface area contributed by atoms with Crippen molar-refractivity contribution >= 4 is 21.9 Å². The standard InChI is InChI=1S/C16H22N2O5S/c1-3-17(4-2)24(22,23)13-8-5-7-12(11-13)15(19)18-10-6-9-14(18)16(20)21/h5,7-8,11,14H,3-4,6,9-10H2,1-2H3,(H,20,21). The molecule has 0 bridgehead atoms. The van der Waals surface area contributed by atoms with E-state index in [1.807, 2.05) is 0 Å². The van der Waals surface area contributed by atoms with Gasteiger partial charge in [-0.3, -0.25) is 4.79 Å². The first-order valence-electron chi connectivity index (χ1n) is 7.96. The van der Waals surface area contributed by atoms with Crippen LogP contribution in [0.3, 0.4) is 0 Å². The van der Waals surface area contributed by atoms with Crippen LogP contribution in [-0.2, 0) is 14.8 Å². The van der Waals surface area contributed by atoms with E-state index in [0.717, 1.165) is 0 Å². The smallest absolute Gasteiger partial charge is 0.326 e. The highest BCUT2D eigenvalue weighted by atomic mass is 32.2. The molecule has 1 fully saturated rings. The molecule has 1 atom stereocenters. The summed E-state index contributed by atoms with van der Waals surface area (Å²) in [6, 6.07) is 4.95. The Balaban J connectivity index is 2.34. The van der Waals surface area contributed by atoms with Gasteiger partial charge in [-0.2, -0.15) is 4.31 Å². The number of hydrogen-bond acceptors (Lipinski definition) is 4. The minimum atomic E-state index is -3.66. The van der Waals surface area contributed by atoms with E-state index in [-0.39, 0.29) is 10.5 Å². The molecule has 0 aliphatic carbocycles. The van der Waals surface area contributed by atoms with Crippen molar-refractivity contribution in [1.29, 1.82) is 0 Å². The number of carboxylic acid groups (broad SMARTS) is 1. The second kappa shape index (κ2) is 7.31. The number of aliphatic carboxylic acids is 1. The number of nitrogens with zero attached hydrogens (tertiary/aromatic N) is 2. The zero-order valence-electron chi connectivity index (χ0n) is 13.8. The second-order valence-corrected chi connectivity index (χ2v) is 7.55. The van der Waals surface area contributed by atoms with Crippen LogP contribution in [0.1, 0.15) is 37.0 Å². The lowest BCUT2D eigenvalue weighted by Gasteiger charge is -2.22. The lowest BCUT2D eigenvalue weighted by molar-refractivity contribution is -0.141. The number of carbonyl (C=O) groups excluding carboxylic acids is 1. The van der Waals surface area contributed by atoms with Crippen molar-refractivity contribution in [2.45, 2.75) is 37.6 Å². The Hall–Kier alpha value is -1.93. The number of carbonyl (C=O) groups is 2. The normalized spacial score (nSPS) is 18.1. The van der Waals surface area contributed by atoms with Gasteiger partial charge in [-0.05, 0) is 31.0 Å². The van der Waals surface area contributed by atoms with Crippen LogP contribution < -0.4 is 0 Å². The van der Waals surface area contributed by atoms with Crippen molar-refractivity contribution in [2.24, 2.45) is 0 Å². The minimum Gasteiger partial charge on any atom is -0.480 e. The molecule has 2 rings (SSSR count). The molecule has 1 N–H and O–H groups in total. The maximum absolute atomic E-state index is 12.6. The predicted molar refractivity (Wildman–Crippen MR) is 88.2 cm³/mol. The molecule has 0 radical (unpaired) electrons. The van der Waals surface area contributed by atoms with Gasteiger partial charge in [0, 0.05) is 25.2 Å². The van der Waals surface area contributed by atoms with Crippen LogP contribution in [0.15, 0.2) is 29.2 Å². The van der Waals surface area contributed by atoms with Crippen molar-refractivity contribution in [3.63, 3.8) is 0 Å². The highest BCUT2D eigenvalue weighted by molar-refractivity contribution is 7.89. The van der Waals surface area contributed by atoms with Crippen molar-refractivity contribution < 1.29 is 23.1 Å². The van der Waals surface area contributed by atoms with E-state index in [4.69, 9.17) is 0 Å². The zero-order valence-corrected chi connectivity index (χ0v) is 14.6. The fourth-order valence-electron chi connectivity index (χ4n) is 2.93. The average Bonchev–Trinajstić information content (AvgIpc) is 3.05. The van der Waals surface area contributed by atoms with Gasteiger partial charge in [0.2, 0.25) is 10.0 Å². The van der Waals surface area contributed by atoms with Gasteiger partial charge in [-0.25, -0.2) is 13.2 Å². The number of sulfonamides is 1. The molecule has 1 aromatic carbocycles. The summed E-state index contributed by atoms with van der Waals surface area (Å²) >= 11 is 0. The Kier molecular flexibility index (Phi) is 5.61. The molecule has 1 aliphatic heterocycles. The quantitative estimate of drug-likeness (QED) is 0.833. The van der Waals surface area contributed by atoms with Crippen LogP contribution in [0.4, 0.5) is 0 Å². The SMILES string of the molecule is CCN(CC)S(=O)(=O)c1cccc(C(=O)N2CCCC2C(=O)O)c1. The third kappa shape index (κ3) is 3.44. The molecule has 1 amide bonds. The Morgan fingerprint density at radius 1 is 1.29 bits per heavy atom. The second-order valence-electron chi connectivity index (χ2n) is 5.61. The minimum absolute atomic E-state index is 0.0446. The summed E-state index contributed by atoms with van der Waals surface area (Å²) in [5.41, 5.74) is 0.191. The summed E-state index contributed by atoms with van der Waals surface area (Å²) < 4.78 is 26.5.